The molecule has 0 aliphatic carbocycles. The van der Waals surface area contributed by atoms with Crippen LogP contribution in [0.4, 0.5) is 13.2 Å². The molecule has 0 aromatic heterocycles. The van der Waals surface area contributed by atoms with Crippen LogP contribution in [0.25, 0.3) is 0 Å². The van der Waals surface area contributed by atoms with Crippen LogP contribution >= 0.6 is 0 Å². The summed E-state index contributed by atoms with van der Waals surface area (Å²) in [4.78, 5) is 9.77. The Balaban J connectivity index is 2.61. The maximum absolute atomic E-state index is 12.3. The fourth-order valence-electron chi connectivity index (χ4n) is 1.57. The van der Waals surface area contributed by atoms with Crippen LogP contribution in [0.15, 0.2) is 24.3 Å². The Morgan fingerprint density at radius 1 is 1.18 bits per heavy atom. The second-order valence-electron chi connectivity index (χ2n) is 3.60. The zero-order valence-electron chi connectivity index (χ0n) is 9.09. The van der Waals surface area contributed by atoms with E-state index in [9.17, 15) is 18.0 Å². The molecule has 0 aliphatic rings. The maximum Gasteiger partial charge on any atom is 0.417 e. The zero-order chi connectivity index (χ0) is 12.7. The summed E-state index contributed by atoms with van der Waals surface area (Å²) in [5.41, 5.74) is 0.911. The van der Waals surface area contributed by atoms with Gasteiger partial charge in [0.1, 0.15) is 0 Å². The van der Waals surface area contributed by atoms with E-state index in [2.05, 4.69) is 4.74 Å². The minimum absolute atomic E-state index is 0.170. The quantitative estimate of drug-likeness (QED) is 0.720. The van der Waals surface area contributed by atoms with Crippen molar-refractivity contribution in [1.29, 1.82) is 0 Å². The molecule has 0 fully saturated rings. The van der Waals surface area contributed by atoms with Crippen LogP contribution in [0.5, 0.6) is 0 Å². The van der Waals surface area contributed by atoms with Crippen LogP contribution in [-0.4, -0.2) is 19.3 Å². The number of rotatable bonds is 6. The summed E-state index contributed by atoms with van der Waals surface area (Å²) >= 11 is 0. The van der Waals surface area contributed by atoms with Gasteiger partial charge < -0.3 is 4.74 Å². The number of benzene rings is 1. The van der Waals surface area contributed by atoms with Gasteiger partial charge in [-0.05, 0) is 24.0 Å². The second kappa shape index (κ2) is 6.27. The summed E-state index contributed by atoms with van der Waals surface area (Å²) in [6.45, 7) is 1.45. The normalized spacial score (nSPS) is 11.2. The molecule has 0 saturated heterocycles. The first-order valence-electron chi connectivity index (χ1n) is 5.15. The first kappa shape index (κ1) is 13.5. The highest BCUT2D eigenvalue weighted by atomic mass is 19.4. The highest BCUT2D eigenvalue weighted by Gasteiger charge is 2.28. The van der Waals surface area contributed by atoms with Gasteiger partial charge in [-0.15, -0.1) is 0 Å². The fraction of sp³-hybridized carbons (Fsp3) is 0.417. The van der Waals surface area contributed by atoms with Gasteiger partial charge in [0, 0.05) is 0 Å². The maximum atomic E-state index is 12.3. The Labute approximate surface area is 97.4 Å². The van der Waals surface area contributed by atoms with Crippen LogP contribution in [0.2, 0.25) is 0 Å². The average molecular weight is 245 g/mol. The van der Waals surface area contributed by atoms with Crippen molar-refractivity contribution in [2.24, 2.45) is 0 Å². The van der Waals surface area contributed by atoms with Crippen molar-refractivity contribution < 1.29 is 22.7 Å². The molecule has 2 nitrogen and oxygen atoms in total. The van der Waals surface area contributed by atoms with Crippen LogP contribution in [0.3, 0.4) is 0 Å². The van der Waals surface area contributed by atoms with Crippen LogP contribution in [0, 0.1) is 0 Å². The van der Waals surface area contributed by atoms with Gasteiger partial charge in [0.05, 0.1) is 13.0 Å². The van der Waals surface area contributed by atoms with Gasteiger partial charge in [-0.1, -0.05) is 24.3 Å². The molecule has 0 bridgehead atoms. The Kier molecular flexibility index (Phi) is 5.00. The third-order valence-corrected chi connectivity index (χ3v) is 2.26. The van der Waals surface area contributed by atoms with Crippen molar-refractivity contribution in [3.05, 3.63) is 35.4 Å². The third kappa shape index (κ3) is 5.38. The van der Waals surface area contributed by atoms with E-state index in [1.165, 1.54) is 12.5 Å². The molecule has 0 aliphatic heterocycles. The van der Waals surface area contributed by atoms with Crippen molar-refractivity contribution in [3.8, 4) is 0 Å². The molecule has 0 spiro atoms. The van der Waals surface area contributed by atoms with E-state index < -0.39 is 12.6 Å². The summed E-state index contributed by atoms with van der Waals surface area (Å²) in [6.07, 6.45) is -4.19. The monoisotopic (exact) mass is 245 g/mol. The first-order valence-corrected chi connectivity index (χ1v) is 5.15. The zero-order valence-corrected chi connectivity index (χ0v) is 9.09. The lowest BCUT2D eigenvalue weighted by Crippen LogP contribution is -2.13. The SMILES string of the molecule is O=[C]OCCCc1ccccc1CC(F)(F)F. The van der Waals surface area contributed by atoms with Crippen molar-refractivity contribution in [2.45, 2.75) is 25.4 Å². The Morgan fingerprint density at radius 3 is 2.41 bits per heavy atom. The molecule has 0 atom stereocenters. The topological polar surface area (TPSA) is 26.3 Å². The van der Waals surface area contributed by atoms with E-state index in [1.54, 1.807) is 18.2 Å². The lowest BCUT2D eigenvalue weighted by atomic mass is 10.0. The van der Waals surface area contributed by atoms with Gasteiger partial charge in [0.2, 0.25) is 0 Å². The lowest BCUT2D eigenvalue weighted by molar-refractivity contribution is -0.127. The number of hydrogen-bond donors (Lipinski definition) is 0. The fourth-order valence-corrected chi connectivity index (χ4v) is 1.57. The van der Waals surface area contributed by atoms with Crippen molar-refractivity contribution in [3.63, 3.8) is 0 Å². The summed E-state index contributed by atoms with van der Waals surface area (Å²) in [7, 11) is 0. The highest BCUT2D eigenvalue weighted by molar-refractivity contribution is 5.38. The molecular formula is C12H12F3O2. The van der Waals surface area contributed by atoms with Crippen LogP contribution in [0.1, 0.15) is 17.5 Å². The number of hydrogen-bond acceptors (Lipinski definition) is 2. The predicted octanol–water partition coefficient (Wildman–Crippen LogP) is 2.81. The molecule has 0 unspecified atom stereocenters. The number of ether oxygens (including phenoxy) is 1. The van der Waals surface area contributed by atoms with E-state index in [0.29, 0.717) is 18.4 Å². The minimum atomic E-state index is -4.21. The number of carbonyl (C=O) groups excluding carboxylic acids is 1. The van der Waals surface area contributed by atoms with E-state index >= 15 is 0 Å². The van der Waals surface area contributed by atoms with Gasteiger partial charge in [0.25, 0.3) is 0 Å². The van der Waals surface area contributed by atoms with Crippen LogP contribution in [-0.2, 0) is 22.4 Å². The first-order chi connectivity index (χ1) is 8.03. The van der Waals surface area contributed by atoms with Gasteiger partial charge in [-0.2, -0.15) is 13.2 Å². The van der Waals surface area contributed by atoms with E-state index in [1.807, 2.05) is 0 Å². The molecule has 1 radical (unpaired) electrons. The average Bonchev–Trinajstić information content (AvgIpc) is 2.24. The highest BCUT2D eigenvalue weighted by Crippen LogP contribution is 2.23. The van der Waals surface area contributed by atoms with E-state index in [0.717, 1.165) is 0 Å². The van der Waals surface area contributed by atoms with Gasteiger partial charge in [0.15, 0.2) is 0 Å². The van der Waals surface area contributed by atoms with E-state index in [4.69, 9.17) is 0 Å². The lowest BCUT2D eigenvalue weighted by Gasteiger charge is -2.11. The third-order valence-electron chi connectivity index (χ3n) is 2.26. The van der Waals surface area contributed by atoms with Crippen molar-refractivity contribution in [1.82, 2.24) is 0 Å². The van der Waals surface area contributed by atoms with Gasteiger partial charge >= 0.3 is 12.6 Å². The molecule has 5 heteroatoms. The molecule has 0 amide bonds. The molecule has 1 aromatic carbocycles. The van der Waals surface area contributed by atoms with Crippen molar-refractivity contribution >= 4 is 6.47 Å². The molecule has 1 aromatic rings. The molecule has 1 rings (SSSR count). The second-order valence-corrected chi connectivity index (χ2v) is 3.60. The number of halogens is 3. The summed E-state index contributed by atoms with van der Waals surface area (Å²) < 4.78 is 41.2. The summed E-state index contributed by atoms with van der Waals surface area (Å²) in [5, 5.41) is 0. The number of aryl methyl sites for hydroxylation is 1. The molecule has 93 valence electrons. The van der Waals surface area contributed by atoms with Gasteiger partial charge in [-0.25, -0.2) is 4.79 Å². The molecule has 0 heterocycles. The molecule has 0 saturated carbocycles. The molecule has 0 N–H and O–H groups in total. The Morgan fingerprint density at radius 2 is 1.82 bits per heavy atom. The Hall–Kier alpha value is -1.52. The van der Waals surface area contributed by atoms with E-state index in [-0.39, 0.29) is 12.2 Å². The predicted molar refractivity (Wildman–Crippen MR) is 56.2 cm³/mol. The van der Waals surface area contributed by atoms with Crippen LogP contribution < -0.4 is 0 Å². The smallest absolute Gasteiger partial charge is 0.417 e. The molecule has 17 heavy (non-hydrogen) atoms. The van der Waals surface area contributed by atoms with Gasteiger partial charge in [-0.3, -0.25) is 0 Å². The Bertz CT molecular complexity index is 361. The minimum Gasteiger partial charge on any atom is -0.457 e. The van der Waals surface area contributed by atoms with Crippen molar-refractivity contribution in [2.75, 3.05) is 6.61 Å². The summed E-state index contributed by atoms with van der Waals surface area (Å²) in [5.74, 6) is 0. The number of alkyl halides is 3. The molecular weight excluding hydrogens is 233 g/mol. The summed E-state index contributed by atoms with van der Waals surface area (Å²) in [6, 6.07) is 6.41. The standard InChI is InChI=1S/C12H12F3O2/c13-12(14,15)8-11-5-2-1-4-10(11)6-3-7-17-9-16/h1-2,4-5H,3,6-8H2. The largest absolute Gasteiger partial charge is 0.457 e.